The molecule has 0 spiro atoms. The minimum Gasteiger partial charge on any atom is -0.311 e. The van der Waals surface area contributed by atoms with Crippen LogP contribution in [0.5, 0.6) is 0 Å². The average Bonchev–Trinajstić information content (AvgIpc) is 3.63. The number of hydrogen-bond donors (Lipinski definition) is 0. The van der Waals surface area contributed by atoms with Crippen molar-refractivity contribution < 1.29 is 0 Å². The minimum atomic E-state index is -0.0198. The van der Waals surface area contributed by atoms with Crippen LogP contribution in [0.25, 0.3) is 11.1 Å². The lowest BCUT2D eigenvalue weighted by Gasteiger charge is -2.45. The molecule has 6 aromatic rings. The van der Waals surface area contributed by atoms with Gasteiger partial charge in [-0.3, -0.25) is 0 Å². The van der Waals surface area contributed by atoms with E-state index in [0.717, 1.165) is 12.8 Å². The molecule has 1 aliphatic carbocycles. The molecular formula is C56H63BN2. The van der Waals surface area contributed by atoms with Gasteiger partial charge in [0.2, 0.25) is 0 Å². The molecule has 59 heavy (non-hydrogen) atoms. The first-order chi connectivity index (χ1) is 27.7. The van der Waals surface area contributed by atoms with E-state index < -0.39 is 0 Å². The van der Waals surface area contributed by atoms with E-state index >= 15 is 0 Å². The van der Waals surface area contributed by atoms with E-state index in [0.29, 0.717) is 0 Å². The number of aryl methyl sites for hydroxylation is 3. The molecule has 2 heterocycles. The Hall–Kier alpha value is -5.02. The lowest BCUT2D eigenvalue weighted by Crippen LogP contribution is -2.61. The van der Waals surface area contributed by atoms with Crippen LogP contribution in [0, 0.1) is 6.92 Å². The highest BCUT2D eigenvalue weighted by molar-refractivity contribution is 7.00. The zero-order chi connectivity index (χ0) is 42.0. The van der Waals surface area contributed by atoms with Gasteiger partial charge in [0.1, 0.15) is 0 Å². The zero-order valence-corrected chi connectivity index (χ0v) is 38.0. The van der Waals surface area contributed by atoms with Crippen LogP contribution in [-0.4, -0.2) is 6.71 Å². The molecule has 0 bridgehead atoms. The Morgan fingerprint density at radius 1 is 0.424 bits per heavy atom. The maximum atomic E-state index is 2.66. The van der Waals surface area contributed by atoms with E-state index in [1.54, 1.807) is 0 Å². The topological polar surface area (TPSA) is 6.48 Å². The van der Waals surface area contributed by atoms with Gasteiger partial charge in [0, 0.05) is 34.1 Å². The summed E-state index contributed by atoms with van der Waals surface area (Å²) in [7, 11) is 0. The van der Waals surface area contributed by atoms with Crippen LogP contribution in [0.1, 0.15) is 128 Å². The Morgan fingerprint density at radius 3 is 1.36 bits per heavy atom. The quantitative estimate of drug-likeness (QED) is 0.165. The van der Waals surface area contributed by atoms with E-state index in [1.165, 1.54) is 107 Å². The number of benzene rings is 6. The Labute approximate surface area is 355 Å². The molecule has 0 fully saturated rings. The van der Waals surface area contributed by atoms with Gasteiger partial charge in [-0.05, 0) is 163 Å². The first-order valence-corrected chi connectivity index (χ1v) is 22.1. The summed E-state index contributed by atoms with van der Waals surface area (Å²) in [5.41, 5.74) is 24.1. The highest BCUT2D eigenvalue weighted by atomic mass is 15.2. The third-order valence-corrected chi connectivity index (χ3v) is 13.3. The van der Waals surface area contributed by atoms with Crippen LogP contribution >= 0.6 is 0 Å². The van der Waals surface area contributed by atoms with Crippen LogP contribution < -0.4 is 26.2 Å². The summed E-state index contributed by atoms with van der Waals surface area (Å²) in [6, 6.07) is 43.3. The first-order valence-electron chi connectivity index (χ1n) is 22.1. The highest BCUT2D eigenvalue weighted by Crippen LogP contribution is 2.48. The van der Waals surface area contributed by atoms with Crippen LogP contribution in [-0.2, 0) is 34.5 Å². The normalized spacial score (nSPS) is 14.9. The molecule has 300 valence electrons. The minimum absolute atomic E-state index is 0.00381. The van der Waals surface area contributed by atoms with Gasteiger partial charge in [-0.2, -0.15) is 0 Å². The number of rotatable bonds is 3. The van der Waals surface area contributed by atoms with E-state index in [2.05, 4.69) is 209 Å². The Morgan fingerprint density at radius 2 is 0.881 bits per heavy atom. The fourth-order valence-electron chi connectivity index (χ4n) is 9.78. The highest BCUT2D eigenvalue weighted by Gasteiger charge is 2.45. The van der Waals surface area contributed by atoms with Crippen molar-refractivity contribution in [3.8, 4) is 11.1 Å². The van der Waals surface area contributed by atoms with Gasteiger partial charge in [0.25, 0.3) is 6.71 Å². The van der Waals surface area contributed by atoms with E-state index in [4.69, 9.17) is 0 Å². The molecule has 0 N–H and O–H groups in total. The van der Waals surface area contributed by atoms with Crippen molar-refractivity contribution in [2.24, 2.45) is 0 Å². The van der Waals surface area contributed by atoms with Gasteiger partial charge in [-0.15, -0.1) is 0 Å². The van der Waals surface area contributed by atoms with Crippen molar-refractivity contribution >= 4 is 57.2 Å². The van der Waals surface area contributed by atoms with Crippen LogP contribution in [0.2, 0.25) is 0 Å². The van der Waals surface area contributed by atoms with Gasteiger partial charge in [0.05, 0.1) is 0 Å². The van der Waals surface area contributed by atoms with Crippen molar-refractivity contribution in [3.05, 3.63) is 148 Å². The lowest BCUT2D eigenvalue weighted by molar-refractivity contribution is 0.568. The van der Waals surface area contributed by atoms with Crippen molar-refractivity contribution in [2.75, 3.05) is 9.80 Å². The molecule has 0 atom stereocenters. The van der Waals surface area contributed by atoms with Gasteiger partial charge in [0.15, 0.2) is 0 Å². The molecule has 2 aliphatic heterocycles. The number of nitrogens with zero attached hydrogens (tertiary/aromatic N) is 2. The average molecular weight is 775 g/mol. The summed E-state index contributed by atoms with van der Waals surface area (Å²) >= 11 is 0. The third-order valence-electron chi connectivity index (χ3n) is 13.3. The van der Waals surface area contributed by atoms with Gasteiger partial charge < -0.3 is 9.80 Å². The summed E-state index contributed by atoms with van der Waals surface area (Å²) in [4.78, 5) is 5.30. The van der Waals surface area contributed by atoms with E-state index in [9.17, 15) is 0 Å². The second-order valence-electron chi connectivity index (χ2n) is 22.0. The predicted octanol–water partition coefficient (Wildman–Crippen LogP) is 13.4. The fourth-order valence-corrected chi connectivity index (χ4v) is 9.78. The molecule has 9 rings (SSSR count). The Kier molecular flexibility index (Phi) is 9.03. The van der Waals surface area contributed by atoms with Crippen LogP contribution in [0.15, 0.2) is 109 Å². The molecular weight excluding hydrogens is 711 g/mol. The second kappa shape index (κ2) is 13.5. The molecule has 0 saturated heterocycles. The van der Waals surface area contributed by atoms with E-state index in [1.807, 2.05) is 0 Å². The van der Waals surface area contributed by atoms with Gasteiger partial charge >= 0.3 is 0 Å². The summed E-state index contributed by atoms with van der Waals surface area (Å²) in [5, 5.41) is 0. The van der Waals surface area contributed by atoms with Gasteiger partial charge in [-0.1, -0.05) is 144 Å². The SMILES string of the molecule is Cc1cc2c3c(c1)N(c1cc(C(C)(C)C)cc(C(C)(C)C)c1)c1cc4c(cc1B3c1ccc(-c3ccccc3)cc1N2c1cc(C(C)(C)C)cc(C(C)(C)C)c1)CCC4. The summed E-state index contributed by atoms with van der Waals surface area (Å²) < 4.78 is 0. The Balaban J connectivity index is 1.40. The smallest absolute Gasteiger partial charge is 0.252 e. The molecule has 6 aromatic carbocycles. The molecule has 3 heteroatoms. The number of hydrogen-bond acceptors (Lipinski definition) is 2. The first kappa shape index (κ1) is 39.4. The summed E-state index contributed by atoms with van der Waals surface area (Å²) in [5.74, 6) is 0. The largest absolute Gasteiger partial charge is 0.311 e. The Bertz CT molecular complexity index is 2570. The molecule has 0 aromatic heterocycles. The van der Waals surface area contributed by atoms with Gasteiger partial charge in [-0.25, -0.2) is 0 Å². The van der Waals surface area contributed by atoms with Crippen LogP contribution in [0.3, 0.4) is 0 Å². The zero-order valence-electron chi connectivity index (χ0n) is 38.0. The number of anilines is 6. The lowest BCUT2D eigenvalue weighted by atomic mass is 9.33. The van der Waals surface area contributed by atoms with Crippen molar-refractivity contribution in [3.63, 3.8) is 0 Å². The molecule has 0 unspecified atom stereocenters. The third kappa shape index (κ3) is 6.83. The van der Waals surface area contributed by atoms with Crippen molar-refractivity contribution in [2.45, 2.75) is 131 Å². The molecule has 0 amide bonds. The standard InChI is InChI=1S/C56H63BN2/c1-35-24-50-52-51(25-35)59(45-33-42(55(8,9)10)30-43(34-45)56(11,12)13)49-27-38-21-17-20-37(38)26-47(49)57(52)46-23-22-39(36-18-15-14-16-19-36)28-48(46)58(50)44-31-40(53(2,3)4)29-41(32-44)54(5,6)7/h14-16,18-19,22-34H,17,20-21H2,1-13H3. The molecule has 2 nitrogen and oxygen atoms in total. The molecule has 0 radical (unpaired) electrons. The van der Waals surface area contributed by atoms with Crippen molar-refractivity contribution in [1.29, 1.82) is 0 Å². The van der Waals surface area contributed by atoms with Crippen LogP contribution in [0.4, 0.5) is 34.1 Å². The fraction of sp³-hybridized carbons (Fsp3) is 0.357. The van der Waals surface area contributed by atoms with E-state index in [-0.39, 0.29) is 28.4 Å². The monoisotopic (exact) mass is 775 g/mol. The molecule has 3 aliphatic rings. The van der Waals surface area contributed by atoms with Crippen molar-refractivity contribution in [1.82, 2.24) is 0 Å². The summed E-state index contributed by atoms with van der Waals surface area (Å²) in [6.07, 6.45) is 3.52. The number of fused-ring (bicyclic) bond motifs is 5. The maximum Gasteiger partial charge on any atom is 0.252 e. The second-order valence-corrected chi connectivity index (χ2v) is 22.0. The summed E-state index contributed by atoms with van der Waals surface area (Å²) in [6.45, 7) is 30.7. The molecule has 0 saturated carbocycles. The predicted molar refractivity (Wildman–Crippen MR) is 257 cm³/mol. The maximum absolute atomic E-state index is 2.66.